The van der Waals surface area contributed by atoms with Crippen LogP contribution in [0.25, 0.3) is 0 Å². The van der Waals surface area contributed by atoms with E-state index < -0.39 is 10.0 Å². The highest BCUT2D eigenvalue weighted by Gasteiger charge is 2.25. The summed E-state index contributed by atoms with van der Waals surface area (Å²) in [6, 6.07) is 9.21. The molecule has 2 heterocycles. The molecule has 122 valence electrons. The van der Waals surface area contributed by atoms with Crippen LogP contribution in [0.4, 0.5) is 5.69 Å². The van der Waals surface area contributed by atoms with Crippen molar-refractivity contribution in [2.24, 2.45) is 0 Å². The number of rotatable bonds is 3. The minimum absolute atomic E-state index is 0.153. The summed E-state index contributed by atoms with van der Waals surface area (Å²) in [6.07, 6.45) is 1.81. The van der Waals surface area contributed by atoms with Crippen molar-refractivity contribution in [1.82, 2.24) is 4.31 Å². The number of nitrogens with zero attached hydrogens (tertiary/aromatic N) is 1. The molecule has 1 aromatic carbocycles. The number of anilines is 1. The molecule has 0 unspecified atom stereocenters. The molecular weight excluding hydrogens is 400 g/mol. The highest BCUT2D eigenvalue weighted by atomic mass is 79.9. The second-order valence-corrected chi connectivity index (χ2v) is 9.79. The van der Waals surface area contributed by atoms with Gasteiger partial charge in [0.05, 0.1) is 14.9 Å². The van der Waals surface area contributed by atoms with Crippen molar-refractivity contribution in [3.05, 3.63) is 50.1 Å². The number of thiophene rings is 1. The topological polar surface area (TPSA) is 66.5 Å². The van der Waals surface area contributed by atoms with Crippen LogP contribution >= 0.6 is 27.3 Å². The Morgan fingerprint density at radius 1 is 1.30 bits per heavy atom. The van der Waals surface area contributed by atoms with Crippen molar-refractivity contribution in [3.8, 4) is 0 Å². The van der Waals surface area contributed by atoms with E-state index in [0.717, 1.165) is 20.6 Å². The molecule has 0 spiro atoms. The Morgan fingerprint density at radius 2 is 2.09 bits per heavy atom. The van der Waals surface area contributed by atoms with E-state index in [1.807, 2.05) is 24.3 Å². The summed E-state index contributed by atoms with van der Waals surface area (Å²) in [6.45, 7) is 0.783. The highest BCUT2D eigenvalue weighted by molar-refractivity contribution is 9.11. The average molecular weight is 415 g/mol. The zero-order valence-corrected chi connectivity index (χ0v) is 15.6. The van der Waals surface area contributed by atoms with Gasteiger partial charge in [-0.1, -0.05) is 12.1 Å². The van der Waals surface area contributed by atoms with Gasteiger partial charge in [0.1, 0.15) is 0 Å². The van der Waals surface area contributed by atoms with Gasteiger partial charge in [0.15, 0.2) is 0 Å². The van der Waals surface area contributed by atoms with Crippen molar-refractivity contribution in [1.29, 1.82) is 0 Å². The van der Waals surface area contributed by atoms with Crippen LogP contribution < -0.4 is 5.32 Å². The molecular formula is C15H15BrN2O3S2. The molecule has 0 aliphatic carbocycles. The lowest BCUT2D eigenvalue weighted by molar-refractivity contribution is 0.103. The smallest absolute Gasteiger partial charge is 0.265 e. The molecule has 2 aromatic rings. The van der Waals surface area contributed by atoms with Gasteiger partial charge in [0.25, 0.3) is 5.91 Å². The van der Waals surface area contributed by atoms with Crippen molar-refractivity contribution in [2.75, 3.05) is 18.1 Å². The number of benzene rings is 1. The van der Waals surface area contributed by atoms with E-state index in [1.165, 1.54) is 21.9 Å². The lowest BCUT2D eigenvalue weighted by atomic mass is 9.99. The first-order valence-corrected chi connectivity index (χ1v) is 10.4. The van der Waals surface area contributed by atoms with E-state index in [-0.39, 0.29) is 5.91 Å². The zero-order chi connectivity index (χ0) is 16.6. The molecule has 0 bridgehead atoms. The third kappa shape index (κ3) is 3.65. The Balaban J connectivity index is 1.84. The van der Waals surface area contributed by atoms with Gasteiger partial charge in [0.2, 0.25) is 10.0 Å². The van der Waals surface area contributed by atoms with E-state index in [2.05, 4.69) is 21.2 Å². The predicted octanol–water partition coefficient (Wildman–Crippen LogP) is 3.08. The Labute approximate surface area is 147 Å². The van der Waals surface area contributed by atoms with E-state index in [4.69, 9.17) is 0 Å². The second-order valence-electron chi connectivity index (χ2n) is 5.35. The highest BCUT2D eigenvalue weighted by Crippen LogP contribution is 2.29. The summed E-state index contributed by atoms with van der Waals surface area (Å²) in [5.74, 6) is -0.153. The van der Waals surface area contributed by atoms with Crippen molar-refractivity contribution in [2.45, 2.75) is 13.0 Å². The summed E-state index contributed by atoms with van der Waals surface area (Å²) in [5, 5.41) is 2.94. The summed E-state index contributed by atoms with van der Waals surface area (Å²) in [7, 11) is -3.20. The summed E-state index contributed by atoms with van der Waals surface area (Å²) in [5.41, 5.74) is 2.70. The maximum atomic E-state index is 12.3. The number of sulfonamides is 1. The first-order valence-electron chi connectivity index (χ1n) is 6.97. The fourth-order valence-electron chi connectivity index (χ4n) is 2.60. The lowest BCUT2D eigenvalue weighted by Gasteiger charge is -2.28. The first-order chi connectivity index (χ1) is 10.8. The zero-order valence-electron chi connectivity index (χ0n) is 12.4. The third-order valence-corrected chi connectivity index (χ3v) is 6.62. The maximum absolute atomic E-state index is 12.3. The van der Waals surface area contributed by atoms with E-state index in [0.29, 0.717) is 24.4 Å². The van der Waals surface area contributed by atoms with Gasteiger partial charge in [0, 0.05) is 18.8 Å². The normalized spacial score (nSPS) is 15.2. The number of hydrogen-bond donors (Lipinski definition) is 1. The molecule has 1 amide bonds. The van der Waals surface area contributed by atoms with Crippen LogP contribution in [0.2, 0.25) is 0 Å². The molecule has 1 aliphatic heterocycles. The van der Waals surface area contributed by atoms with Crippen LogP contribution in [0.1, 0.15) is 20.8 Å². The molecule has 0 saturated carbocycles. The predicted molar refractivity (Wildman–Crippen MR) is 95.4 cm³/mol. The molecule has 1 aromatic heterocycles. The number of halogens is 1. The Bertz CT molecular complexity index is 861. The van der Waals surface area contributed by atoms with Gasteiger partial charge in [-0.25, -0.2) is 8.42 Å². The standard InChI is InChI=1S/C15H15BrN2O3S2/c1-23(20,21)18-8-7-11-10(9-18)3-2-4-12(11)17-15(19)13-5-6-14(16)22-13/h2-6H,7-9H2,1H3,(H,17,19). The van der Waals surface area contributed by atoms with Gasteiger partial charge in [-0.2, -0.15) is 4.31 Å². The largest absolute Gasteiger partial charge is 0.321 e. The van der Waals surface area contributed by atoms with Gasteiger partial charge >= 0.3 is 0 Å². The Morgan fingerprint density at radius 3 is 2.74 bits per heavy atom. The minimum atomic E-state index is -3.20. The molecule has 0 fully saturated rings. The Kier molecular flexibility index (Phi) is 4.59. The average Bonchev–Trinajstić information content (AvgIpc) is 2.93. The molecule has 3 rings (SSSR count). The molecule has 8 heteroatoms. The van der Waals surface area contributed by atoms with Gasteiger partial charge < -0.3 is 5.32 Å². The fourth-order valence-corrected chi connectivity index (χ4v) is 4.68. The first kappa shape index (κ1) is 16.6. The van der Waals surface area contributed by atoms with Crippen LogP contribution in [0.15, 0.2) is 34.1 Å². The molecule has 1 N–H and O–H groups in total. The van der Waals surface area contributed by atoms with Crippen molar-refractivity contribution >= 4 is 48.9 Å². The maximum Gasteiger partial charge on any atom is 0.265 e. The number of carbonyl (C=O) groups excluding carboxylic acids is 1. The van der Waals surface area contributed by atoms with Gasteiger partial charge in [-0.05, 0) is 51.7 Å². The number of hydrogen-bond acceptors (Lipinski definition) is 4. The Hall–Kier alpha value is -1.22. The monoisotopic (exact) mass is 414 g/mol. The molecule has 23 heavy (non-hydrogen) atoms. The SMILES string of the molecule is CS(=O)(=O)N1CCc2c(cccc2NC(=O)c2ccc(Br)s2)C1. The molecule has 5 nitrogen and oxygen atoms in total. The van der Waals surface area contributed by atoms with Gasteiger partial charge in [-0.3, -0.25) is 4.79 Å². The van der Waals surface area contributed by atoms with Crippen molar-refractivity contribution < 1.29 is 13.2 Å². The molecule has 1 aliphatic rings. The van der Waals surface area contributed by atoms with E-state index in [1.54, 1.807) is 6.07 Å². The third-order valence-electron chi connectivity index (χ3n) is 3.75. The number of amides is 1. The summed E-state index contributed by atoms with van der Waals surface area (Å²) >= 11 is 4.72. The van der Waals surface area contributed by atoms with Crippen molar-refractivity contribution in [3.63, 3.8) is 0 Å². The van der Waals surface area contributed by atoms with Crippen LogP contribution in [0.3, 0.4) is 0 Å². The van der Waals surface area contributed by atoms with Crippen LogP contribution in [0.5, 0.6) is 0 Å². The van der Waals surface area contributed by atoms with E-state index >= 15 is 0 Å². The second kappa shape index (κ2) is 6.35. The molecule has 0 atom stereocenters. The van der Waals surface area contributed by atoms with Crippen LogP contribution in [-0.4, -0.2) is 31.4 Å². The van der Waals surface area contributed by atoms with Crippen LogP contribution in [0, 0.1) is 0 Å². The number of nitrogens with one attached hydrogen (secondary N) is 1. The number of carbonyl (C=O) groups is 1. The molecule has 0 saturated heterocycles. The lowest BCUT2D eigenvalue weighted by Crippen LogP contribution is -2.35. The van der Waals surface area contributed by atoms with E-state index in [9.17, 15) is 13.2 Å². The molecule has 0 radical (unpaired) electrons. The summed E-state index contributed by atoms with van der Waals surface area (Å²) in [4.78, 5) is 12.9. The fraction of sp³-hybridized carbons (Fsp3) is 0.267. The van der Waals surface area contributed by atoms with Gasteiger partial charge in [-0.15, -0.1) is 11.3 Å². The minimum Gasteiger partial charge on any atom is -0.321 e. The van der Waals surface area contributed by atoms with Crippen LogP contribution in [-0.2, 0) is 23.0 Å². The summed E-state index contributed by atoms with van der Waals surface area (Å²) < 4.78 is 25.8. The number of fused-ring (bicyclic) bond motifs is 1. The quantitative estimate of drug-likeness (QED) is 0.838.